The maximum Gasteiger partial charge on any atom is 0.327 e. The van der Waals surface area contributed by atoms with Gasteiger partial charge in [-0.25, -0.2) is 21.6 Å². The largest absolute Gasteiger partial charge is 0.497 e. The van der Waals surface area contributed by atoms with E-state index < -0.39 is 32.1 Å². The Morgan fingerprint density at radius 2 is 1.28 bits per heavy atom. The summed E-state index contributed by atoms with van der Waals surface area (Å²) in [6.45, 7) is 1.26. The summed E-state index contributed by atoms with van der Waals surface area (Å²) in [5.74, 6) is -0.430. The summed E-state index contributed by atoms with van der Waals surface area (Å²) in [4.78, 5) is 11.9. The molecule has 0 aliphatic heterocycles. The molecule has 0 heterocycles. The van der Waals surface area contributed by atoms with Gasteiger partial charge in [0.15, 0.2) is 0 Å². The van der Waals surface area contributed by atoms with Crippen LogP contribution in [0.3, 0.4) is 0 Å². The summed E-state index contributed by atoms with van der Waals surface area (Å²) >= 11 is 0. The zero-order valence-electron chi connectivity index (χ0n) is 21.2. The number of ether oxygens (including phenoxy) is 2. The molecule has 0 radical (unpaired) electrons. The minimum absolute atomic E-state index is 0.000308. The van der Waals surface area contributed by atoms with E-state index >= 15 is 0 Å². The number of carboxylic acid groups (broad SMARTS) is 1. The van der Waals surface area contributed by atoms with Crippen LogP contribution in [0.15, 0.2) is 94.7 Å². The third kappa shape index (κ3) is 5.47. The van der Waals surface area contributed by atoms with Crippen molar-refractivity contribution in [3.63, 3.8) is 0 Å². The molecule has 1 atom stereocenters. The highest BCUT2D eigenvalue weighted by molar-refractivity contribution is 7.93. The Morgan fingerprint density at radius 3 is 1.79 bits per heavy atom. The first-order valence-corrected chi connectivity index (χ1v) is 14.5. The summed E-state index contributed by atoms with van der Waals surface area (Å²) in [6, 6.07) is 19.3. The number of sulfonamides is 2. The molecule has 0 amide bonds. The van der Waals surface area contributed by atoms with Gasteiger partial charge in [-0.15, -0.1) is 0 Å². The molecular weight excluding hydrogens is 544 g/mol. The molecule has 0 aliphatic carbocycles. The van der Waals surface area contributed by atoms with Crippen molar-refractivity contribution in [1.29, 1.82) is 0 Å². The SMILES string of the molecule is COc1ccc(S(=O)(=O)Nc2ccc(N(C(C)C(=O)O)S(=O)(=O)c3ccc(OC)cc3)c3ccccc23)cc1. The van der Waals surface area contributed by atoms with Gasteiger partial charge in [-0.05, 0) is 67.6 Å². The molecule has 4 aromatic rings. The molecule has 0 spiro atoms. The van der Waals surface area contributed by atoms with Crippen molar-refractivity contribution in [3.8, 4) is 11.5 Å². The van der Waals surface area contributed by atoms with Crippen molar-refractivity contribution < 1.29 is 36.2 Å². The molecule has 0 saturated heterocycles. The van der Waals surface area contributed by atoms with Crippen LogP contribution in [0.2, 0.25) is 0 Å². The fourth-order valence-electron chi connectivity index (χ4n) is 4.03. The Morgan fingerprint density at radius 1 is 0.769 bits per heavy atom. The molecule has 39 heavy (non-hydrogen) atoms. The van der Waals surface area contributed by atoms with Crippen LogP contribution in [0, 0.1) is 0 Å². The van der Waals surface area contributed by atoms with E-state index in [1.807, 2.05) is 0 Å². The van der Waals surface area contributed by atoms with Gasteiger partial charge in [-0.1, -0.05) is 24.3 Å². The van der Waals surface area contributed by atoms with Crippen molar-refractivity contribution in [2.45, 2.75) is 22.8 Å². The van der Waals surface area contributed by atoms with Crippen LogP contribution in [0.5, 0.6) is 11.5 Å². The van der Waals surface area contributed by atoms with Gasteiger partial charge < -0.3 is 14.6 Å². The Hall–Kier alpha value is -4.29. The van der Waals surface area contributed by atoms with Gasteiger partial charge in [0, 0.05) is 10.8 Å². The van der Waals surface area contributed by atoms with E-state index in [9.17, 15) is 26.7 Å². The van der Waals surface area contributed by atoms with Crippen molar-refractivity contribution in [1.82, 2.24) is 0 Å². The number of hydrogen-bond donors (Lipinski definition) is 2. The molecule has 4 aromatic carbocycles. The van der Waals surface area contributed by atoms with E-state index in [-0.39, 0.29) is 21.2 Å². The van der Waals surface area contributed by atoms with Gasteiger partial charge in [0.1, 0.15) is 17.5 Å². The van der Waals surface area contributed by atoms with Gasteiger partial charge in [-0.3, -0.25) is 9.03 Å². The van der Waals surface area contributed by atoms with Crippen molar-refractivity contribution in [2.24, 2.45) is 0 Å². The average Bonchev–Trinajstić information content (AvgIpc) is 2.94. The standard InChI is InChI=1S/C27H26N2O8S2/c1-18(27(30)31)29(39(34,35)22-14-10-20(37-3)11-15-22)26-17-16-25(23-6-4-5-7-24(23)26)28-38(32,33)21-12-8-19(36-2)9-13-21/h4-18,28H,1-3H3,(H,30,31). The maximum absolute atomic E-state index is 13.8. The number of anilines is 2. The minimum Gasteiger partial charge on any atom is -0.497 e. The van der Waals surface area contributed by atoms with Crippen LogP contribution < -0.4 is 18.5 Å². The number of hydrogen-bond acceptors (Lipinski definition) is 7. The van der Waals surface area contributed by atoms with Crippen LogP contribution in [0.4, 0.5) is 11.4 Å². The Kier molecular flexibility index (Phi) is 7.70. The van der Waals surface area contributed by atoms with Crippen molar-refractivity contribution in [3.05, 3.63) is 84.9 Å². The Labute approximate surface area is 226 Å². The van der Waals surface area contributed by atoms with E-state index in [1.54, 1.807) is 24.3 Å². The molecule has 0 aromatic heterocycles. The second-order valence-electron chi connectivity index (χ2n) is 8.45. The summed E-state index contributed by atoms with van der Waals surface area (Å²) in [7, 11) is -5.47. The fourth-order valence-corrected chi connectivity index (χ4v) is 6.74. The lowest BCUT2D eigenvalue weighted by Crippen LogP contribution is -2.43. The van der Waals surface area contributed by atoms with E-state index in [4.69, 9.17) is 9.47 Å². The summed E-state index contributed by atoms with van der Waals surface area (Å²) in [5, 5.41) is 10.5. The number of nitrogens with one attached hydrogen (secondary N) is 1. The lowest BCUT2D eigenvalue weighted by molar-refractivity contribution is -0.137. The van der Waals surface area contributed by atoms with E-state index in [1.165, 1.54) is 81.8 Å². The number of carbonyl (C=O) groups is 1. The molecule has 10 nitrogen and oxygen atoms in total. The average molecular weight is 571 g/mol. The zero-order chi connectivity index (χ0) is 28.4. The molecule has 1 unspecified atom stereocenters. The third-order valence-electron chi connectivity index (χ3n) is 6.08. The van der Waals surface area contributed by atoms with Crippen LogP contribution in [0.1, 0.15) is 6.92 Å². The molecule has 0 aliphatic rings. The number of rotatable bonds is 10. The molecule has 0 saturated carbocycles. The Balaban J connectivity index is 1.84. The van der Waals surface area contributed by atoms with Gasteiger partial charge >= 0.3 is 5.97 Å². The lowest BCUT2D eigenvalue weighted by atomic mass is 10.1. The highest BCUT2D eigenvalue weighted by atomic mass is 32.2. The van der Waals surface area contributed by atoms with Gasteiger partial charge in [-0.2, -0.15) is 0 Å². The van der Waals surface area contributed by atoms with E-state index in [0.717, 1.165) is 4.31 Å². The number of nitrogens with zero attached hydrogens (tertiary/aromatic N) is 1. The fraction of sp³-hybridized carbons (Fsp3) is 0.148. The topological polar surface area (TPSA) is 139 Å². The van der Waals surface area contributed by atoms with E-state index in [2.05, 4.69) is 4.72 Å². The number of aliphatic carboxylic acids is 1. The highest BCUT2D eigenvalue weighted by Crippen LogP contribution is 2.37. The second kappa shape index (κ2) is 10.8. The van der Waals surface area contributed by atoms with Crippen LogP contribution >= 0.6 is 0 Å². The molecule has 0 bridgehead atoms. The van der Waals surface area contributed by atoms with Crippen molar-refractivity contribution in [2.75, 3.05) is 23.2 Å². The first-order chi connectivity index (χ1) is 18.5. The monoisotopic (exact) mass is 570 g/mol. The van der Waals surface area contributed by atoms with Gasteiger partial charge in [0.25, 0.3) is 20.0 Å². The van der Waals surface area contributed by atoms with Crippen LogP contribution in [0.25, 0.3) is 10.8 Å². The molecular formula is C27H26N2O8S2. The highest BCUT2D eigenvalue weighted by Gasteiger charge is 2.34. The van der Waals surface area contributed by atoms with Gasteiger partial charge in [0.05, 0.1) is 35.4 Å². The summed E-state index contributed by atoms with van der Waals surface area (Å²) in [5.41, 5.74) is 0.263. The van der Waals surface area contributed by atoms with Crippen molar-refractivity contribution >= 4 is 48.2 Å². The minimum atomic E-state index is -4.37. The molecule has 204 valence electrons. The first-order valence-electron chi connectivity index (χ1n) is 11.6. The number of fused-ring (bicyclic) bond motifs is 1. The normalized spacial score (nSPS) is 12.5. The first kappa shape index (κ1) is 27.7. The predicted molar refractivity (Wildman–Crippen MR) is 148 cm³/mol. The number of carboxylic acids is 1. The third-order valence-corrected chi connectivity index (χ3v) is 9.36. The number of methoxy groups -OCH3 is 2. The summed E-state index contributed by atoms with van der Waals surface area (Å²) < 4.78 is 67.3. The van der Waals surface area contributed by atoms with E-state index in [0.29, 0.717) is 22.3 Å². The van der Waals surface area contributed by atoms with Gasteiger partial charge in [0.2, 0.25) is 0 Å². The Bertz CT molecular complexity index is 1720. The quantitative estimate of drug-likeness (QED) is 0.287. The number of benzene rings is 4. The zero-order valence-corrected chi connectivity index (χ0v) is 22.9. The lowest BCUT2D eigenvalue weighted by Gasteiger charge is -2.29. The second-order valence-corrected chi connectivity index (χ2v) is 11.9. The maximum atomic E-state index is 13.8. The predicted octanol–water partition coefficient (Wildman–Crippen LogP) is 4.33. The molecule has 0 fully saturated rings. The molecule has 2 N–H and O–H groups in total. The molecule has 4 rings (SSSR count). The van der Waals surface area contributed by atoms with Crippen LogP contribution in [-0.4, -0.2) is 48.2 Å². The van der Waals surface area contributed by atoms with Crippen LogP contribution in [-0.2, 0) is 24.8 Å². The molecule has 12 heteroatoms. The summed E-state index contributed by atoms with van der Waals surface area (Å²) in [6.07, 6.45) is 0. The smallest absolute Gasteiger partial charge is 0.327 e.